The van der Waals surface area contributed by atoms with Gasteiger partial charge < -0.3 is 9.53 Å². The minimum absolute atomic E-state index is 0.000603. The van der Waals surface area contributed by atoms with Crippen LogP contribution in [0.1, 0.15) is 12.5 Å². The van der Waals surface area contributed by atoms with Crippen LogP contribution in [-0.2, 0) is 24.3 Å². The minimum Gasteiger partial charge on any atom is -0.465 e. The number of rotatable bonds is 8. The molecule has 0 fully saturated rings. The molecule has 0 radical (unpaired) electrons. The Morgan fingerprint density at radius 1 is 1.20 bits per heavy atom. The van der Waals surface area contributed by atoms with Crippen LogP contribution in [0, 0.1) is 6.92 Å². The standard InChI is InChI=1S/C17H25NO5SSi/c1-7-23-16(19)15(13(3)17(20)25(4,5)6)18-24(21,22)14-10-8-12(2)9-11-14/h8-11,15,18H,3,7H2,1-2,4-6H3/t15-/m0/s1. The number of ether oxygens (including phenoxy) is 1. The fourth-order valence-electron chi connectivity index (χ4n) is 2.04. The van der Waals surface area contributed by atoms with Gasteiger partial charge >= 0.3 is 5.97 Å². The van der Waals surface area contributed by atoms with Gasteiger partial charge in [0.05, 0.1) is 11.5 Å². The Hall–Kier alpha value is -1.77. The number of nitrogens with one attached hydrogen (secondary N) is 1. The average molecular weight is 384 g/mol. The third-order valence-electron chi connectivity index (χ3n) is 3.45. The molecule has 0 aliphatic rings. The van der Waals surface area contributed by atoms with Crippen LogP contribution in [0.25, 0.3) is 0 Å². The SMILES string of the molecule is C=C(C(=O)[Si](C)(C)C)[C@H](NS(=O)(=O)c1ccc(C)cc1)C(=O)OCC. The molecule has 0 aromatic heterocycles. The second-order valence-corrected chi connectivity index (χ2v) is 13.4. The number of hydrogen-bond donors (Lipinski definition) is 1. The second-order valence-electron chi connectivity index (χ2n) is 6.72. The predicted molar refractivity (Wildman–Crippen MR) is 99.4 cm³/mol. The highest BCUT2D eigenvalue weighted by Gasteiger charge is 2.36. The van der Waals surface area contributed by atoms with Crippen LogP contribution < -0.4 is 4.72 Å². The van der Waals surface area contributed by atoms with E-state index < -0.39 is 30.1 Å². The van der Waals surface area contributed by atoms with Crippen molar-refractivity contribution in [3.8, 4) is 0 Å². The van der Waals surface area contributed by atoms with Gasteiger partial charge in [0.2, 0.25) is 10.0 Å². The van der Waals surface area contributed by atoms with Crippen LogP contribution in [0.15, 0.2) is 41.3 Å². The lowest BCUT2D eigenvalue weighted by atomic mass is 10.1. The van der Waals surface area contributed by atoms with Crippen molar-refractivity contribution in [1.29, 1.82) is 0 Å². The van der Waals surface area contributed by atoms with Gasteiger partial charge in [0.1, 0.15) is 19.5 Å². The van der Waals surface area contributed by atoms with Gasteiger partial charge in [0, 0.05) is 5.57 Å². The first-order valence-electron chi connectivity index (χ1n) is 7.89. The number of aryl methyl sites for hydroxylation is 1. The van der Waals surface area contributed by atoms with Crippen LogP contribution in [0.3, 0.4) is 0 Å². The van der Waals surface area contributed by atoms with Gasteiger partial charge in [-0.1, -0.05) is 43.9 Å². The van der Waals surface area contributed by atoms with E-state index >= 15 is 0 Å². The summed E-state index contributed by atoms with van der Waals surface area (Å²) in [5.41, 5.74) is 0.813. The van der Waals surface area contributed by atoms with Gasteiger partial charge in [-0.15, -0.1) is 0 Å². The predicted octanol–water partition coefficient (Wildman–Crippen LogP) is 2.21. The Kier molecular flexibility index (Phi) is 6.87. The maximum atomic E-state index is 12.6. The van der Waals surface area contributed by atoms with E-state index in [0.717, 1.165) is 5.56 Å². The Morgan fingerprint density at radius 3 is 2.16 bits per heavy atom. The summed E-state index contributed by atoms with van der Waals surface area (Å²) in [6, 6.07) is 4.73. The van der Waals surface area contributed by atoms with E-state index in [9.17, 15) is 18.0 Å². The van der Waals surface area contributed by atoms with Crippen molar-refractivity contribution in [2.45, 2.75) is 44.4 Å². The third kappa shape index (κ3) is 5.62. The van der Waals surface area contributed by atoms with Crippen LogP contribution >= 0.6 is 0 Å². The molecule has 0 saturated heterocycles. The van der Waals surface area contributed by atoms with Crippen LogP contribution in [0.2, 0.25) is 19.6 Å². The molecule has 0 aliphatic carbocycles. The molecule has 138 valence electrons. The van der Waals surface area contributed by atoms with E-state index in [2.05, 4.69) is 11.3 Å². The lowest BCUT2D eigenvalue weighted by Gasteiger charge is -2.23. The van der Waals surface area contributed by atoms with Crippen LogP contribution in [0.5, 0.6) is 0 Å². The van der Waals surface area contributed by atoms with E-state index in [1.54, 1.807) is 38.7 Å². The number of hydrogen-bond acceptors (Lipinski definition) is 5. The van der Waals surface area contributed by atoms with Gasteiger partial charge in [0.15, 0.2) is 0 Å². The van der Waals surface area contributed by atoms with Crippen molar-refractivity contribution in [2.75, 3.05) is 6.61 Å². The fourth-order valence-corrected chi connectivity index (χ4v) is 4.33. The lowest BCUT2D eigenvalue weighted by molar-refractivity contribution is -0.144. The summed E-state index contributed by atoms with van der Waals surface area (Å²) in [5, 5.41) is -0.280. The van der Waals surface area contributed by atoms with Crippen molar-refractivity contribution in [1.82, 2.24) is 4.72 Å². The molecule has 0 amide bonds. The quantitative estimate of drug-likeness (QED) is 0.422. The zero-order valence-corrected chi connectivity index (χ0v) is 17.1. The molecule has 1 N–H and O–H groups in total. The maximum absolute atomic E-state index is 12.6. The van der Waals surface area contributed by atoms with Crippen molar-refractivity contribution < 1.29 is 22.7 Å². The summed E-state index contributed by atoms with van der Waals surface area (Å²) in [7, 11) is -6.31. The molecule has 1 aromatic rings. The first-order chi connectivity index (χ1) is 11.4. The second kappa shape index (κ2) is 8.07. The number of carbonyl (C=O) groups is 2. The molecular formula is C17H25NO5SSi. The molecule has 25 heavy (non-hydrogen) atoms. The van der Waals surface area contributed by atoms with E-state index in [1.165, 1.54) is 12.1 Å². The molecule has 0 bridgehead atoms. The van der Waals surface area contributed by atoms with Crippen molar-refractivity contribution in [3.05, 3.63) is 42.0 Å². The Balaban J connectivity index is 3.21. The molecule has 0 saturated carbocycles. The van der Waals surface area contributed by atoms with E-state index in [1.807, 2.05) is 6.92 Å². The lowest BCUT2D eigenvalue weighted by Crippen LogP contribution is -2.48. The average Bonchev–Trinajstić information content (AvgIpc) is 2.51. The zero-order valence-electron chi connectivity index (χ0n) is 15.3. The number of benzene rings is 1. The van der Waals surface area contributed by atoms with Crippen LogP contribution in [-0.4, -0.2) is 40.5 Å². The van der Waals surface area contributed by atoms with Crippen LogP contribution in [0.4, 0.5) is 0 Å². The maximum Gasteiger partial charge on any atom is 0.328 e. The third-order valence-corrected chi connectivity index (χ3v) is 6.57. The van der Waals surface area contributed by atoms with Crippen molar-refractivity contribution >= 4 is 29.5 Å². The summed E-state index contributed by atoms with van der Waals surface area (Å²) in [6.07, 6.45) is 0. The van der Waals surface area contributed by atoms with Gasteiger partial charge in [-0.25, -0.2) is 13.2 Å². The molecule has 0 heterocycles. The molecule has 1 atom stereocenters. The first kappa shape index (κ1) is 21.3. The molecule has 0 spiro atoms. The van der Waals surface area contributed by atoms with E-state index in [-0.39, 0.29) is 22.5 Å². The van der Waals surface area contributed by atoms with Crippen molar-refractivity contribution in [2.24, 2.45) is 0 Å². The number of sulfonamides is 1. The van der Waals surface area contributed by atoms with Gasteiger partial charge in [-0.05, 0) is 26.0 Å². The summed E-state index contributed by atoms with van der Waals surface area (Å²) in [6.45, 7) is 12.6. The first-order valence-corrected chi connectivity index (χ1v) is 12.9. The van der Waals surface area contributed by atoms with Gasteiger partial charge in [-0.2, -0.15) is 4.72 Å². The molecule has 8 heteroatoms. The number of carbonyl (C=O) groups excluding carboxylic acids is 2. The zero-order chi connectivity index (χ0) is 19.4. The summed E-state index contributed by atoms with van der Waals surface area (Å²) in [4.78, 5) is 24.7. The molecule has 0 unspecified atom stereocenters. The fraction of sp³-hybridized carbons (Fsp3) is 0.412. The smallest absolute Gasteiger partial charge is 0.328 e. The Bertz CT molecular complexity index is 763. The van der Waals surface area contributed by atoms with Gasteiger partial charge in [-0.3, -0.25) is 0 Å². The molecule has 1 aromatic carbocycles. The normalized spacial score (nSPS) is 13.2. The van der Waals surface area contributed by atoms with E-state index in [4.69, 9.17) is 4.74 Å². The summed E-state index contributed by atoms with van der Waals surface area (Å²) >= 11 is 0. The van der Waals surface area contributed by atoms with Gasteiger partial charge in [0.25, 0.3) is 0 Å². The molecule has 1 rings (SSSR count). The highest BCUT2D eigenvalue weighted by molar-refractivity contribution is 7.89. The minimum atomic E-state index is -4.01. The Labute approximate surface area is 150 Å². The van der Waals surface area contributed by atoms with E-state index in [0.29, 0.717) is 0 Å². The number of esters is 1. The summed E-state index contributed by atoms with van der Waals surface area (Å²) in [5.74, 6) is -0.838. The molecular weight excluding hydrogens is 358 g/mol. The molecule has 6 nitrogen and oxygen atoms in total. The summed E-state index contributed by atoms with van der Waals surface area (Å²) < 4.78 is 32.4. The highest BCUT2D eigenvalue weighted by Crippen LogP contribution is 2.17. The topological polar surface area (TPSA) is 89.5 Å². The largest absolute Gasteiger partial charge is 0.465 e. The van der Waals surface area contributed by atoms with Crippen molar-refractivity contribution in [3.63, 3.8) is 0 Å². The monoisotopic (exact) mass is 383 g/mol. The molecule has 0 aliphatic heterocycles. The highest BCUT2D eigenvalue weighted by atomic mass is 32.2. The Morgan fingerprint density at radius 2 is 1.72 bits per heavy atom.